The van der Waals surface area contributed by atoms with Gasteiger partial charge in [0.15, 0.2) is 0 Å². The van der Waals surface area contributed by atoms with E-state index in [-0.39, 0.29) is 55.5 Å². The normalized spacial score (nSPS) is 53.8. The smallest absolute Gasteiger partial charge is 0.269 e. The first-order valence-electron chi connectivity index (χ1n) is 19.1. The molecule has 16 heteroatoms. The molecule has 4 aliphatic carbocycles. The minimum atomic E-state index is -4.83. The van der Waals surface area contributed by atoms with Crippen molar-refractivity contribution in [1.29, 1.82) is 0 Å². The molecule has 0 spiro atoms. The maximum absolute atomic E-state index is 13.1. The molecule has 10 N–H and O–H groups in total. The average Bonchev–Trinajstić information content (AvgIpc) is 3.79. The van der Waals surface area contributed by atoms with Gasteiger partial charge in [-0.3, -0.25) is 51.6 Å². The van der Waals surface area contributed by atoms with Gasteiger partial charge in [-0.2, -0.15) is 16.8 Å². The summed E-state index contributed by atoms with van der Waals surface area (Å²) >= 11 is 0. The largest absolute Gasteiger partial charge is 0.286 e. The van der Waals surface area contributed by atoms with Gasteiger partial charge in [-0.1, -0.05) is 38.5 Å². The van der Waals surface area contributed by atoms with Crippen LogP contribution in [0.5, 0.6) is 0 Å². The molecule has 0 aromatic heterocycles. The van der Waals surface area contributed by atoms with Crippen LogP contribution in [0.15, 0.2) is 0 Å². The summed E-state index contributed by atoms with van der Waals surface area (Å²) in [6.45, 7) is 0. The van der Waals surface area contributed by atoms with Crippen molar-refractivity contribution in [1.82, 2.24) is 42.5 Å². The Labute approximate surface area is 285 Å². The van der Waals surface area contributed by atoms with Gasteiger partial charge < -0.3 is 0 Å². The second-order valence-corrected chi connectivity index (χ2v) is 20.1. The maximum atomic E-state index is 13.1. The Bertz CT molecular complexity index is 1440. The molecule has 5 heterocycles. The molecule has 0 amide bonds. The number of nitrogens with one attached hydrogen (secondary N) is 8. The molecule has 48 heavy (non-hydrogen) atoms. The van der Waals surface area contributed by atoms with Crippen molar-refractivity contribution in [3.05, 3.63) is 0 Å². The summed E-state index contributed by atoms with van der Waals surface area (Å²) in [6.07, 6.45) is 14.1. The summed E-state index contributed by atoms with van der Waals surface area (Å²) in [5.41, 5.74) is 0. The molecule has 14 nitrogen and oxygen atoms in total. The summed E-state index contributed by atoms with van der Waals surface area (Å²) in [7, 11) is -9.55. The lowest BCUT2D eigenvalue weighted by Gasteiger charge is -2.40. The lowest BCUT2D eigenvalue weighted by Crippen LogP contribution is -2.62. The zero-order valence-corrected chi connectivity index (χ0v) is 29.3. The van der Waals surface area contributed by atoms with Crippen LogP contribution in [0, 0.1) is 47.3 Å². The first-order valence-corrected chi connectivity index (χ1v) is 22.1. The minimum Gasteiger partial charge on any atom is -0.286 e. The summed E-state index contributed by atoms with van der Waals surface area (Å²) in [6, 6.07) is 0. The molecule has 18 atom stereocenters. The molecule has 4 saturated carbocycles. The Balaban J connectivity index is 1.10. The third-order valence-corrected chi connectivity index (χ3v) is 17.4. The Morgan fingerprint density at radius 2 is 0.646 bits per heavy atom. The second-order valence-electron chi connectivity index (χ2n) is 16.8. The number of rotatable bonds is 2. The zero-order valence-electron chi connectivity index (χ0n) is 27.6. The van der Waals surface area contributed by atoms with Crippen molar-refractivity contribution in [3.8, 4) is 0 Å². The van der Waals surface area contributed by atoms with Crippen LogP contribution in [0.3, 0.4) is 0 Å². The van der Waals surface area contributed by atoms with Gasteiger partial charge in [0.2, 0.25) is 0 Å². The SMILES string of the molecule is O=S(=O)(O)C1CCC2C3NC4NC(NC5NC(NC6NC(NC(N3)C2C1S(=O)(=O)O)C1CCCCC61)C1CCCCC51)C1CCCCC41. The molecule has 272 valence electrons. The Hall–Kier alpha value is -0.500. The van der Waals surface area contributed by atoms with Crippen LogP contribution >= 0.6 is 0 Å². The predicted octanol–water partition coefficient (Wildman–Crippen LogP) is 0.338. The first kappa shape index (κ1) is 33.3. The molecule has 8 bridgehead atoms. The standard InChI is InChI=1S/C32H56N8O6S2/c41-47(42,43)22-14-13-21-23(24(22)48(44,45)46)32-39-30-20-12-6-5-11-19(20)28(37-30)35-26-16-8-2-1-7-15(16)25(33-26)34-27-17-9-3-4-10-18(17)29(36-27)38-31(21)40-32/h15-40H,1-14H2,(H,41,42,43)(H,44,45,46). The van der Waals surface area contributed by atoms with Crippen LogP contribution < -0.4 is 42.5 Å². The quantitative estimate of drug-likeness (QED) is 0.176. The van der Waals surface area contributed by atoms with Crippen molar-refractivity contribution >= 4 is 20.2 Å². The van der Waals surface area contributed by atoms with E-state index < -0.39 is 42.8 Å². The number of hydrogen-bond donors (Lipinski definition) is 10. The summed E-state index contributed by atoms with van der Waals surface area (Å²) in [5, 5.41) is 28.3. The van der Waals surface area contributed by atoms with E-state index in [1.165, 1.54) is 44.9 Å². The highest BCUT2D eigenvalue weighted by Crippen LogP contribution is 2.47. The summed E-state index contributed by atoms with van der Waals surface area (Å²) in [5.74, 6) is 1.70. The van der Waals surface area contributed by atoms with Gasteiger partial charge >= 0.3 is 0 Å². The van der Waals surface area contributed by atoms with E-state index in [1.54, 1.807) is 0 Å². The Kier molecular flexibility index (Phi) is 8.73. The summed E-state index contributed by atoms with van der Waals surface area (Å²) < 4.78 is 72.3. The van der Waals surface area contributed by atoms with Crippen molar-refractivity contribution in [2.24, 2.45) is 47.3 Å². The highest BCUT2D eigenvalue weighted by atomic mass is 32.2. The lowest BCUT2D eigenvalue weighted by atomic mass is 9.76. The lowest BCUT2D eigenvalue weighted by molar-refractivity contribution is 0.167. The molecule has 0 radical (unpaired) electrons. The van der Waals surface area contributed by atoms with Gasteiger partial charge in [0.05, 0.1) is 49.3 Å². The minimum absolute atomic E-state index is 0.00437. The highest BCUT2D eigenvalue weighted by Gasteiger charge is 2.60. The molecule has 5 saturated heterocycles. The average molecular weight is 713 g/mol. The monoisotopic (exact) mass is 712 g/mol. The van der Waals surface area contributed by atoms with E-state index in [0.29, 0.717) is 41.9 Å². The molecule has 0 aromatic carbocycles. The third-order valence-electron chi connectivity index (χ3n) is 14.6. The molecular formula is C32H56N8O6S2. The molecule has 5 aliphatic heterocycles. The topological polar surface area (TPSA) is 205 Å². The molecular weight excluding hydrogens is 657 g/mol. The molecule has 0 aromatic rings. The van der Waals surface area contributed by atoms with Gasteiger partial charge in [0.25, 0.3) is 20.2 Å². The summed E-state index contributed by atoms with van der Waals surface area (Å²) in [4.78, 5) is 0. The zero-order chi connectivity index (χ0) is 32.9. The van der Waals surface area contributed by atoms with Crippen LogP contribution in [0.4, 0.5) is 0 Å². The first-order chi connectivity index (χ1) is 23.0. The van der Waals surface area contributed by atoms with Gasteiger partial charge in [-0.05, 0) is 92.8 Å². The van der Waals surface area contributed by atoms with Crippen LogP contribution in [-0.2, 0) is 20.2 Å². The number of hydrogen-bond acceptors (Lipinski definition) is 12. The van der Waals surface area contributed by atoms with Gasteiger partial charge in [0, 0.05) is 5.92 Å². The fourth-order valence-electron chi connectivity index (χ4n) is 12.7. The van der Waals surface area contributed by atoms with Crippen molar-refractivity contribution < 1.29 is 25.9 Å². The predicted molar refractivity (Wildman–Crippen MR) is 179 cm³/mol. The Morgan fingerprint density at radius 1 is 0.354 bits per heavy atom. The van der Waals surface area contributed by atoms with E-state index in [4.69, 9.17) is 0 Å². The second kappa shape index (κ2) is 12.6. The van der Waals surface area contributed by atoms with Gasteiger partial charge in [0.1, 0.15) is 10.5 Å². The Morgan fingerprint density at radius 3 is 0.938 bits per heavy atom. The van der Waals surface area contributed by atoms with Gasteiger partial charge in [-0.15, -0.1) is 0 Å². The van der Waals surface area contributed by atoms with Gasteiger partial charge in [-0.25, -0.2) is 0 Å². The van der Waals surface area contributed by atoms with Crippen LogP contribution in [0.1, 0.15) is 89.9 Å². The van der Waals surface area contributed by atoms with E-state index in [2.05, 4.69) is 42.5 Å². The van der Waals surface area contributed by atoms with E-state index in [9.17, 15) is 25.9 Å². The molecule has 9 rings (SSSR count). The van der Waals surface area contributed by atoms with Crippen LogP contribution in [0.25, 0.3) is 0 Å². The van der Waals surface area contributed by atoms with E-state index >= 15 is 0 Å². The fourth-order valence-corrected chi connectivity index (χ4v) is 15.7. The van der Waals surface area contributed by atoms with E-state index in [0.717, 1.165) is 32.1 Å². The highest BCUT2D eigenvalue weighted by molar-refractivity contribution is 7.90. The van der Waals surface area contributed by atoms with Crippen molar-refractivity contribution in [3.63, 3.8) is 0 Å². The van der Waals surface area contributed by atoms with Crippen LogP contribution in [-0.4, -0.2) is 85.8 Å². The molecule has 9 fully saturated rings. The van der Waals surface area contributed by atoms with E-state index in [1.807, 2.05) is 0 Å². The third kappa shape index (κ3) is 5.72. The van der Waals surface area contributed by atoms with Crippen LogP contribution in [0.2, 0.25) is 0 Å². The number of fused-ring (bicyclic) bond motifs is 20. The molecule has 9 aliphatic rings. The van der Waals surface area contributed by atoms with Crippen molar-refractivity contribution in [2.45, 2.75) is 150 Å². The van der Waals surface area contributed by atoms with Crippen molar-refractivity contribution in [2.75, 3.05) is 0 Å². The fraction of sp³-hybridized carbons (Fsp3) is 1.00. The molecule has 18 unspecified atom stereocenters. The maximum Gasteiger partial charge on any atom is 0.269 e.